The van der Waals surface area contributed by atoms with Gasteiger partial charge < -0.3 is 20.8 Å². The molecule has 0 aliphatic carbocycles. The summed E-state index contributed by atoms with van der Waals surface area (Å²) in [7, 11) is 1.55. The molecule has 1 aromatic heterocycles. The quantitative estimate of drug-likeness (QED) is 0.786. The van der Waals surface area contributed by atoms with Crippen LogP contribution in [0.15, 0.2) is 18.2 Å². The van der Waals surface area contributed by atoms with E-state index in [4.69, 9.17) is 10.5 Å². The Hall–Kier alpha value is -2.50. The van der Waals surface area contributed by atoms with Gasteiger partial charge in [-0.15, -0.1) is 0 Å². The summed E-state index contributed by atoms with van der Waals surface area (Å²) in [5, 5.41) is 2.73. The number of nitrogens with one attached hydrogen (secondary N) is 2. The minimum absolute atomic E-state index is 0.159. The molecule has 0 unspecified atom stereocenters. The van der Waals surface area contributed by atoms with Gasteiger partial charge in [-0.2, -0.15) is 0 Å². The smallest absolute Gasteiger partial charge is 0.221 e. The van der Waals surface area contributed by atoms with Crippen molar-refractivity contribution in [3.8, 4) is 17.0 Å². The number of carbonyl (C=O) groups is 1. The molecule has 0 spiro atoms. The van der Waals surface area contributed by atoms with Crippen LogP contribution in [0.2, 0.25) is 0 Å². The summed E-state index contributed by atoms with van der Waals surface area (Å²) in [5.41, 5.74) is 8.72. The Bertz CT molecular complexity index is 619. The number of H-pyrrole nitrogens is 1. The van der Waals surface area contributed by atoms with E-state index >= 15 is 0 Å². The SMILES string of the molecule is COc1ccc(-c2nc(N)[nH]c2C)cc1NC(C)=O. The van der Waals surface area contributed by atoms with Gasteiger partial charge in [0.2, 0.25) is 5.91 Å². The maximum atomic E-state index is 11.2. The third kappa shape index (κ3) is 2.67. The molecule has 0 bridgehead atoms. The lowest BCUT2D eigenvalue weighted by molar-refractivity contribution is -0.114. The van der Waals surface area contributed by atoms with E-state index in [0.717, 1.165) is 17.0 Å². The molecule has 2 rings (SSSR count). The number of carbonyl (C=O) groups excluding carboxylic acids is 1. The molecule has 6 nitrogen and oxygen atoms in total. The Kier molecular flexibility index (Phi) is 3.41. The minimum atomic E-state index is -0.159. The van der Waals surface area contributed by atoms with Gasteiger partial charge >= 0.3 is 0 Å². The van der Waals surface area contributed by atoms with E-state index in [-0.39, 0.29) is 5.91 Å². The predicted octanol–water partition coefficient (Wildman–Crippen LogP) is 1.93. The monoisotopic (exact) mass is 260 g/mol. The molecule has 100 valence electrons. The van der Waals surface area contributed by atoms with Gasteiger partial charge in [-0.25, -0.2) is 4.98 Å². The molecule has 0 aliphatic heterocycles. The first-order chi connectivity index (χ1) is 9.01. The number of nitrogen functional groups attached to an aromatic ring is 1. The number of anilines is 2. The molecule has 1 aromatic carbocycles. The van der Waals surface area contributed by atoms with Crippen LogP contribution < -0.4 is 15.8 Å². The molecule has 1 amide bonds. The highest BCUT2D eigenvalue weighted by Gasteiger charge is 2.11. The number of nitrogens with zero attached hydrogens (tertiary/aromatic N) is 1. The van der Waals surface area contributed by atoms with Gasteiger partial charge in [-0.1, -0.05) is 0 Å². The first-order valence-corrected chi connectivity index (χ1v) is 5.79. The number of aromatic amines is 1. The van der Waals surface area contributed by atoms with E-state index in [1.807, 2.05) is 19.1 Å². The van der Waals surface area contributed by atoms with Crippen LogP contribution in [0.3, 0.4) is 0 Å². The van der Waals surface area contributed by atoms with Crippen molar-refractivity contribution in [1.29, 1.82) is 0 Å². The standard InChI is InChI=1S/C13H16N4O2/c1-7-12(17-13(14)15-7)9-4-5-11(19-3)10(6-9)16-8(2)18/h4-6H,1-3H3,(H,16,18)(H3,14,15,17). The highest BCUT2D eigenvalue weighted by Crippen LogP contribution is 2.31. The van der Waals surface area contributed by atoms with Gasteiger partial charge in [-0.05, 0) is 25.1 Å². The van der Waals surface area contributed by atoms with Crippen molar-refractivity contribution in [2.75, 3.05) is 18.2 Å². The third-order valence-corrected chi connectivity index (χ3v) is 2.69. The number of aryl methyl sites for hydroxylation is 1. The van der Waals surface area contributed by atoms with Crippen LogP contribution in [0.5, 0.6) is 5.75 Å². The lowest BCUT2D eigenvalue weighted by atomic mass is 10.1. The van der Waals surface area contributed by atoms with Gasteiger partial charge in [0.25, 0.3) is 0 Å². The Morgan fingerprint density at radius 2 is 2.21 bits per heavy atom. The average molecular weight is 260 g/mol. The van der Waals surface area contributed by atoms with Crippen LogP contribution in [-0.2, 0) is 4.79 Å². The van der Waals surface area contributed by atoms with Crippen molar-refractivity contribution in [2.24, 2.45) is 0 Å². The van der Waals surface area contributed by atoms with Crippen molar-refractivity contribution >= 4 is 17.5 Å². The molecule has 0 saturated carbocycles. The number of rotatable bonds is 3. The molecule has 1 heterocycles. The second kappa shape index (κ2) is 5.01. The molecule has 0 saturated heterocycles. The maximum Gasteiger partial charge on any atom is 0.221 e. The fourth-order valence-corrected chi connectivity index (χ4v) is 1.91. The summed E-state index contributed by atoms with van der Waals surface area (Å²) in [6.07, 6.45) is 0. The van der Waals surface area contributed by atoms with Crippen molar-refractivity contribution in [1.82, 2.24) is 9.97 Å². The van der Waals surface area contributed by atoms with Crippen molar-refractivity contribution < 1.29 is 9.53 Å². The number of benzene rings is 1. The summed E-state index contributed by atoms with van der Waals surface area (Å²) in [4.78, 5) is 18.4. The molecule has 0 fully saturated rings. The number of ether oxygens (including phenoxy) is 1. The lowest BCUT2D eigenvalue weighted by Crippen LogP contribution is -2.07. The zero-order chi connectivity index (χ0) is 14.0. The molecule has 2 aromatic rings. The van der Waals surface area contributed by atoms with Gasteiger partial charge in [0.15, 0.2) is 5.95 Å². The van der Waals surface area contributed by atoms with Crippen LogP contribution in [0, 0.1) is 6.92 Å². The van der Waals surface area contributed by atoms with Crippen LogP contribution in [0.4, 0.5) is 11.6 Å². The summed E-state index contributed by atoms with van der Waals surface area (Å²) in [6, 6.07) is 5.46. The number of methoxy groups -OCH3 is 1. The van der Waals surface area contributed by atoms with Crippen LogP contribution in [0.1, 0.15) is 12.6 Å². The lowest BCUT2D eigenvalue weighted by Gasteiger charge is -2.10. The molecule has 0 aliphatic rings. The summed E-state index contributed by atoms with van der Waals surface area (Å²) >= 11 is 0. The van der Waals surface area contributed by atoms with E-state index < -0.39 is 0 Å². The Labute approximate surface area is 111 Å². The Morgan fingerprint density at radius 1 is 1.47 bits per heavy atom. The predicted molar refractivity (Wildman–Crippen MR) is 74.0 cm³/mol. The van der Waals surface area contributed by atoms with Gasteiger partial charge in [0, 0.05) is 18.2 Å². The minimum Gasteiger partial charge on any atom is -0.495 e. The largest absolute Gasteiger partial charge is 0.495 e. The summed E-state index contributed by atoms with van der Waals surface area (Å²) in [6.45, 7) is 3.34. The van der Waals surface area contributed by atoms with Crippen LogP contribution in [-0.4, -0.2) is 23.0 Å². The highest BCUT2D eigenvalue weighted by atomic mass is 16.5. The second-order valence-electron chi connectivity index (χ2n) is 4.19. The van der Waals surface area contributed by atoms with Gasteiger partial charge in [0.1, 0.15) is 5.75 Å². The number of hydrogen-bond donors (Lipinski definition) is 3. The first-order valence-electron chi connectivity index (χ1n) is 5.79. The number of imidazole rings is 1. The summed E-state index contributed by atoms with van der Waals surface area (Å²) in [5.74, 6) is 0.804. The Morgan fingerprint density at radius 3 is 2.74 bits per heavy atom. The summed E-state index contributed by atoms with van der Waals surface area (Å²) < 4.78 is 5.20. The first kappa shape index (κ1) is 12.9. The maximum absolute atomic E-state index is 11.2. The Balaban J connectivity index is 2.48. The average Bonchev–Trinajstić information content (AvgIpc) is 2.67. The molecule has 0 radical (unpaired) electrons. The molecular formula is C13H16N4O2. The number of hydrogen-bond acceptors (Lipinski definition) is 4. The van der Waals surface area contributed by atoms with Crippen LogP contribution >= 0.6 is 0 Å². The zero-order valence-electron chi connectivity index (χ0n) is 11.1. The number of aromatic nitrogens is 2. The zero-order valence-corrected chi connectivity index (χ0v) is 11.1. The highest BCUT2D eigenvalue weighted by molar-refractivity contribution is 5.91. The molecular weight excluding hydrogens is 244 g/mol. The van der Waals surface area contributed by atoms with Crippen LogP contribution in [0.25, 0.3) is 11.3 Å². The van der Waals surface area contributed by atoms with Gasteiger partial charge in [-0.3, -0.25) is 4.79 Å². The molecule has 19 heavy (non-hydrogen) atoms. The number of nitrogens with two attached hydrogens (primary N) is 1. The topological polar surface area (TPSA) is 93.0 Å². The fraction of sp³-hybridized carbons (Fsp3) is 0.231. The molecule has 6 heteroatoms. The van der Waals surface area contributed by atoms with E-state index in [9.17, 15) is 4.79 Å². The van der Waals surface area contributed by atoms with E-state index in [1.54, 1.807) is 13.2 Å². The third-order valence-electron chi connectivity index (χ3n) is 2.69. The van der Waals surface area contributed by atoms with Crippen molar-refractivity contribution in [3.05, 3.63) is 23.9 Å². The fourth-order valence-electron chi connectivity index (χ4n) is 1.91. The van der Waals surface area contributed by atoms with Crippen molar-refractivity contribution in [3.63, 3.8) is 0 Å². The molecule has 0 atom stereocenters. The van der Waals surface area contributed by atoms with Gasteiger partial charge in [0.05, 0.1) is 18.5 Å². The van der Waals surface area contributed by atoms with E-state index in [0.29, 0.717) is 17.4 Å². The molecule has 4 N–H and O–H groups in total. The van der Waals surface area contributed by atoms with Crippen molar-refractivity contribution in [2.45, 2.75) is 13.8 Å². The number of amides is 1. The van der Waals surface area contributed by atoms with E-state index in [2.05, 4.69) is 15.3 Å². The second-order valence-corrected chi connectivity index (χ2v) is 4.19. The normalized spacial score (nSPS) is 10.3. The van der Waals surface area contributed by atoms with E-state index in [1.165, 1.54) is 6.92 Å².